The molecule has 3 nitrogen and oxygen atoms in total. The highest BCUT2D eigenvalue weighted by molar-refractivity contribution is 8.02. The minimum absolute atomic E-state index is 0.271. The summed E-state index contributed by atoms with van der Waals surface area (Å²) in [6, 6.07) is 5.12. The molecule has 0 bridgehead atoms. The van der Waals surface area contributed by atoms with Gasteiger partial charge in [0.25, 0.3) is 0 Å². The second-order valence-corrected chi connectivity index (χ2v) is 3.36. The summed E-state index contributed by atoms with van der Waals surface area (Å²) in [5, 5.41) is 12.1. The van der Waals surface area contributed by atoms with E-state index in [4.69, 9.17) is 10.8 Å². The Morgan fingerprint density at radius 1 is 1.45 bits per heavy atom. The molecule has 0 saturated carbocycles. The van der Waals surface area contributed by atoms with Gasteiger partial charge in [0.15, 0.2) is 5.50 Å². The van der Waals surface area contributed by atoms with E-state index in [-0.39, 0.29) is 5.75 Å². The maximum Gasteiger partial charge on any atom is 0.187 e. The number of thioether (sulfide) groups is 1. The molecule has 0 aromatic heterocycles. The first kappa shape index (κ1) is 6.82. The Kier molecular flexibility index (Phi) is 1.44. The van der Waals surface area contributed by atoms with Crippen molar-refractivity contribution < 1.29 is 5.11 Å². The van der Waals surface area contributed by atoms with Crippen LogP contribution in [0.4, 0.5) is 5.69 Å². The van der Waals surface area contributed by atoms with Gasteiger partial charge in [0.05, 0.1) is 5.69 Å². The highest BCUT2D eigenvalue weighted by atomic mass is 32.2. The van der Waals surface area contributed by atoms with Crippen molar-refractivity contribution in [3.8, 4) is 5.75 Å². The van der Waals surface area contributed by atoms with Gasteiger partial charge in [-0.15, -0.1) is 0 Å². The highest BCUT2D eigenvalue weighted by Crippen LogP contribution is 2.41. The summed E-state index contributed by atoms with van der Waals surface area (Å²) >= 11 is 1.43. The van der Waals surface area contributed by atoms with Crippen LogP contribution in [0.25, 0.3) is 0 Å². The second kappa shape index (κ2) is 2.32. The molecule has 0 aliphatic carbocycles. The maximum absolute atomic E-state index is 9.09. The smallest absolute Gasteiger partial charge is 0.187 e. The zero-order valence-electron chi connectivity index (χ0n) is 5.66. The fourth-order valence-electron chi connectivity index (χ4n) is 0.975. The standard InChI is InChI=1S/C7H7N2OS/c8-7-9-5-2-1-4(10)3-6(5)11-7/h1-3,9-10H,8H2. The first-order valence-electron chi connectivity index (χ1n) is 3.16. The number of phenols is 1. The Hall–Kier alpha value is -0.870. The SMILES string of the molecule is N[C]1Nc2ccc(O)cc2S1. The van der Waals surface area contributed by atoms with E-state index < -0.39 is 0 Å². The first-order valence-corrected chi connectivity index (χ1v) is 3.98. The van der Waals surface area contributed by atoms with E-state index in [1.165, 1.54) is 11.8 Å². The molecular weight excluding hydrogens is 160 g/mol. The van der Waals surface area contributed by atoms with Gasteiger partial charge in [-0.3, -0.25) is 5.73 Å². The van der Waals surface area contributed by atoms with Gasteiger partial charge in [-0.1, -0.05) is 11.8 Å². The molecule has 1 aromatic carbocycles. The van der Waals surface area contributed by atoms with Crippen LogP contribution in [-0.2, 0) is 0 Å². The molecule has 1 aliphatic heterocycles. The summed E-state index contributed by atoms with van der Waals surface area (Å²) in [6.45, 7) is 0. The summed E-state index contributed by atoms with van der Waals surface area (Å²) in [6.07, 6.45) is 0. The van der Waals surface area contributed by atoms with Gasteiger partial charge >= 0.3 is 0 Å². The number of rotatable bonds is 0. The summed E-state index contributed by atoms with van der Waals surface area (Å²) in [4.78, 5) is 0.975. The van der Waals surface area contributed by atoms with Crippen molar-refractivity contribution in [1.82, 2.24) is 0 Å². The second-order valence-electron chi connectivity index (χ2n) is 2.27. The van der Waals surface area contributed by atoms with Crippen molar-refractivity contribution in [3.05, 3.63) is 23.7 Å². The quantitative estimate of drug-likeness (QED) is 0.510. The van der Waals surface area contributed by atoms with Crippen LogP contribution in [0.5, 0.6) is 5.75 Å². The molecule has 2 rings (SSSR count). The lowest BCUT2D eigenvalue weighted by Crippen LogP contribution is -2.10. The molecule has 4 heteroatoms. The van der Waals surface area contributed by atoms with Crippen LogP contribution in [0.1, 0.15) is 0 Å². The zero-order chi connectivity index (χ0) is 7.84. The first-order chi connectivity index (χ1) is 5.25. The van der Waals surface area contributed by atoms with Gasteiger partial charge in [0.2, 0.25) is 0 Å². The summed E-state index contributed by atoms with van der Waals surface area (Å²) in [5.74, 6) is 0.271. The van der Waals surface area contributed by atoms with Crippen molar-refractivity contribution in [2.45, 2.75) is 4.90 Å². The van der Waals surface area contributed by atoms with Gasteiger partial charge in [-0.2, -0.15) is 0 Å². The molecular formula is C7H7N2OS. The predicted octanol–water partition coefficient (Wildman–Crippen LogP) is 1.32. The van der Waals surface area contributed by atoms with E-state index >= 15 is 0 Å². The molecule has 0 amide bonds. The lowest BCUT2D eigenvalue weighted by molar-refractivity contribution is 0.474. The Morgan fingerprint density at radius 3 is 3.09 bits per heavy atom. The average Bonchev–Trinajstić information content (AvgIpc) is 2.27. The average molecular weight is 167 g/mol. The Morgan fingerprint density at radius 2 is 2.27 bits per heavy atom. The molecule has 4 N–H and O–H groups in total. The predicted molar refractivity (Wildman–Crippen MR) is 45.0 cm³/mol. The van der Waals surface area contributed by atoms with Crippen LogP contribution in [0.15, 0.2) is 23.1 Å². The summed E-state index contributed by atoms with van der Waals surface area (Å²) in [7, 11) is 0. The van der Waals surface area contributed by atoms with E-state index in [2.05, 4.69) is 5.32 Å². The van der Waals surface area contributed by atoms with Crippen LogP contribution in [0.3, 0.4) is 0 Å². The minimum Gasteiger partial charge on any atom is -0.508 e. The Balaban J connectivity index is 2.43. The highest BCUT2D eigenvalue weighted by Gasteiger charge is 2.18. The Bertz CT molecular complexity index is 290. The minimum atomic E-state index is 0.271. The van der Waals surface area contributed by atoms with Gasteiger partial charge in [0.1, 0.15) is 5.75 Å². The molecule has 0 saturated heterocycles. The fourth-order valence-corrected chi connectivity index (χ4v) is 1.78. The molecule has 0 spiro atoms. The zero-order valence-corrected chi connectivity index (χ0v) is 6.48. The number of aromatic hydroxyl groups is 1. The number of nitrogens with two attached hydrogens (primary N) is 1. The summed E-state index contributed by atoms with van der Waals surface area (Å²) in [5.41, 5.74) is 7.14. The molecule has 1 aliphatic rings. The third-order valence-corrected chi connectivity index (χ3v) is 2.32. The molecule has 0 unspecified atom stereocenters. The molecule has 1 heterocycles. The van der Waals surface area contributed by atoms with Crippen LogP contribution >= 0.6 is 11.8 Å². The lowest BCUT2D eigenvalue weighted by atomic mass is 10.3. The van der Waals surface area contributed by atoms with Gasteiger partial charge in [-0.25, -0.2) is 0 Å². The van der Waals surface area contributed by atoms with Crippen molar-refractivity contribution >= 4 is 17.4 Å². The van der Waals surface area contributed by atoms with Crippen molar-refractivity contribution in [3.63, 3.8) is 0 Å². The lowest BCUT2D eigenvalue weighted by Gasteiger charge is -1.98. The normalized spacial score (nSPS) is 16.1. The summed E-state index contributed by atoms with van der Waals surface area (Å²) < 4.78 is 0. The number of hydrogen-bond donors (Lipinski definition) is 3. The van der Waals surface area contributed by atoms with E-state index in [0.717, 1.165) is 10.6 Å². The van der Waals surface area contributed by atoms with Crippen LogP contribution < -0.4 is 11.1 Å². The Labute approximate surface area is 68.6 Å². The number of phenolic OH excluding ortho intramolecular Hbond substituents is 1. The molecule has 1 aromatic rings. The third kappa shape index (κ3) is 1.15. The molecule has 57 valence electrons. The number of anilines is 1. The molecule has 11 heavy (non-hydrogen) atoms. The van der Waals surface area contributed by atoms with Gasteiger partial charge in [0, 0.05) is 4.90 Å². The van der Waals surface area contributed by atoms with E-state index in [1.54, 1.807) is 18.2 Å². The van der Waals surface area contributed by atoms with Gasteiger partial charge in [-0.05, 0) is 18.2 Å². The van der Waals surface area contributed by atoms with Crippen LogP contribution in [0, 0.1) is 5.50 Å². The van der Waals surface area contributed by atoms with Crippen molar-refractivity contribution in [2.75, 3.05) is 5.32 Å². The monoisotopic (exact) mass is 167 g/mol. The van der Waals surface area contributed by atoms with Crippen LogP contribution in [0.2, 0.25) is 0 Å². The topological polar surface area (TPSA) is 58.3 Å². The number of fused-ring (bicyclic) bond motifs is 1. The van der Waals surface area contributed by atoms with Gasteiger partial charge < -0.3 is 10.4 Å². The fraction of sp³-hybridized carbons (Fsp3) is 0. The maximum atomic E-state index is 9.09. The van der Waals surface area contributed by atoms with E-state index in [1.807, 2.05) is 0 Å². The number of nitrogens with one attached hydrogen (secondary N) is 1. The van der Waals surface area contributed by atoms with E-state index in [9.17, 15) is 0 Å². The number of benzene rings is 1. The largest absolute Gasteiger partial charge is 0.508 e. The van der Waals surface area contributed by atoms with E-state index in [0.29, 0.717) is 5.50 Å². The molecule has 1 radical (unpaired) electrons. The third-order valence-electron chi connectivity index (χ3n) is 1.44. The van der Waals surface area contributed by atoms with Crippen molar-refractivity contribution in [2.24, 2.45) is 5.73 Å². The molecule has 0 fully saturated rings. The van der Waals surface area contributed by atoms with Crippen molar-refractivity contribution in [1.29, 1.82) is 0 Å². The van der Waals surface area contributed by atoms with Crippen LogP contribution in [-0.4, -0.2) is 5.11 Å². The molecule has 0 atom stereocenters. The number of hydrogen-bond acceptors (Lipinski definition) is 4.